The van der Waals surface area contributed by atoms with E-state index in [4.69, 9.17) is 19.4 Å². The van der Waals surface area contributed by atoms with Crippen molar-refractivity contribution in [1.29, 1.82) is 0 Å². The molecule has 0 unspecified atom stereocenters. The lowest BCUT2D eigenvalue weighted by molar-refractivity contribution is 0.354. The number of nitrogens with zero attached hydrogens (tertiary/aromatic N) is 4. The lowest BCUT2D eigenvalue weighted by atomic mass is 10.1. The monoisotopic (exact) mass is 504 g/mol. The number of sulfonamides is 1. The van der Waals surface area contributed by atoms with Crippen molar-refractivity contribution in [2.75, 3.05) is 36.6 Å². The molecule has 0 bridgehead atoms. The molecule has 2 heterocycles. The maximum atomic E-state index is 13.9. The predicted octanol–water partition coefficient (Wildman–Crippen LogP) is 4.48. The highest BCUT2D eigenvalue weighted by Gasteiger charge is 2.38. The minimum absolute atomic E-state index is 0.134. The first-order chi connectivity index (χ1) is 17.3. The molecule has 8 nitrogen and oxygen atoms in total. The average Bonchev–Trinajstić information content (AvgIpc) is 3.25. The van der Waals surface area contributed by atoms with Crippen LogP contribution in [0.1, 0.15) is 16.7 Å². The van der Waals surface area contributed by atoms with Gasteiger partial charge in [0.25, 0.3) is 10.0 Å². The Labute approximate surface area is 211 Å². The van der Waals surface area contributed by atoms with E-state index in [1.165, 1.54) is 4.31 Å². The van der Waals surface area contributed by atoms with Gasteiger partial charge in [0.05, 0.1) is 30.1 Å². The van der Waals surface area contributed by atoms with E-state index in [0.717, 1.165) is 16.6 Å². The van der Waals surface area contributed by atoms with Crippen LogP contribution in [0.4, 0.5) is 11.6 Å². The molecule has 1 aliphatic heterocycles. The Morgan fingerprint density at radius 1 is 0.861 bits per heavy atom. The van der Waals surface area contributed by atoms with Crippen molar-refractivity contribution >= 4 is 32.7 Å². The summed E-state index contributed by atoms with van der Waals surface area (Å²) in [5.41, 5.74) is 3.99. The fourth-order valence-corrected chi connectivity index (χ4v) is 6.11. The molecule has 9 heteroatoms. The van der Waals surface area contributed by atoms with Crippen molar-refractivity contribution in [1.82, 2.24) is 9.97 Å². The van der Waals surface area contributed by atoms with Gasteiger partial charge in [-0.2, -0.15) is 0 Å². The highest BCUT2D eigenvalue weighted by Crippen LogP contribution is 2.38. The summed E-state index contributed by atoms with van der Waals surface area (Å²) in [6.45, 7) is 4.38. The molecule has 0 amide bonds. The Morgan fingerprint density at radius 2 is 1.56 bits per heavy atom. The summed E-state index contributed by atoms with van der Waals surface area (Å²) in [5.74, 6) is 2.22. The van der Waals surface area contributed by atoms with Crippen LogP contribution in [0.25, 0.3) is 11.0 Å². The van der Waals surface area contributed by atoms with Gasteiger partial charge in [0, 0.05) is 6.54 Å². The van der Waals surface area contributed by atoms with Gasteiger partial charge in [-0.25, -0.2) is 22.7 Å². The third kappa shape index (κ3) is 4.19. The zero-order valence-electron chi connectivity index (χ0n) is 20.7. The van der Waals surface area contributed by atoms with Gasteiger partial charge in [0.1, 0.15) is 6.67 Å². The number of aromatic nitrogens is 2. The lowest BCUT2D eigenvalue weighted by Crippen LogP contribution is -2.37. The second kappa shape index (κ2) is 9.31. The molecule has 0 radical (unpaired) electrons. The van der Waals surface area contributed by atoms with Crippen molar-refractivity contribution in [2.24, 2.45) is 0 Å². The van der Waals surface area contributed by atoms with Crippen LogP contribution in [0.3, 0.4) is 0 Å². The van der Waals surface area contributed by atoms with Crippen molar-refractivity contribution in [3.63, 3.8) is 0 Å². The maximum Gasteiger partial charge on any atom is 0.267 e. The summed E-state index contributed by atoms with van der Waals surface area (Å²) in [5, 5.41) is 0. The smallest absolute Gasteiger partial charge is 0.267 e. The largest absolute Gasteiger partial charge is 0.493 e. The van der Waals surface area contributed by atoms with E-state index in [-0.39, 0.29) is 11.6 Å². The number of aryl methyl sites for hydroxylation is 2. The first kappa shape index (κ1) is 23.9. The first-order valence-electron chi connectivity index (χ1n) is 11.6. The molecule has 36 heavy (non-hydrogen) atoms. The van der Waals surface area contributed by atoms with Crippen LogP contribution in [0, 0.1) is 13.8 Å². The Bertz CT molecular complexity index is 1560. The van der Waals surface area contributed by atoms with E-state index >= 15 is 0 Å². The number of hydrogen-bond acceptors (Lipinski definition) is 7. The van der Waals surface area contributed by atoms with Gasteiger partial charge in [-0.15, -0.1) is 0 Å². The second-order valence-electron chi connectivity index (χ2n) is 8.83. The highest BCUT2D eigenvalue weighted by molar-refractivity contribution is 7.93. The van der Waals surface area contributed by atoms with Gasteiger partial charge in [0.2, 0.25) is 0 Å². The Kier molecular flexibility index (Phi) is 6.17. The molecule has 0 N–H and O–H groups in total. The molecular weight excluding hydrogens is 476 g/mol. The Balaban J connectivity index is 1.53. The van der Waals surface area contributed by atoms with Crippen LogP contribution in [0.15, 0.2) is 65.6 Å². The van der Waals surface area contributed by atoms with E-state index in [2.05, 4.69) is 0 Å². The van der Waals surface area contributed by atoms with Gasteiger partial charge in [0.15, 0.2) is 23.1 Å². The van der Waals surface area contributed by atoms with Gasteiger partial charge < -0.3 is 14.4 Å². The van der Waals surface area contributed by atoms with E-state index in [1.54, 1.807) is 20.3 Å². The van der Waals surface area contributed by atoms with Crippen molar-refractivity contribution in [3.8, 4) is 11.5 Å². The molecule has 0 atom stereocenters. The summed E-state index contributed by atoms with van der Waals surface area (Å²) >= 11 is 0. The number of ether oxygens (including phenoxy) is 2. The van der Waals surface area contributed by atoms with Crippen LogP contribution in [-0.2, 0) is 16.4 Å². The van der Waals surface area contributed by atoms with Crippen LogP contribution in [0.2, 0.25) is 0 Å². The van der Waals surface area contributed by atoms with Crippen LogP contribution in [0.5, 0.6) is 11.5 Å². The fraction of sp³-hybridized carbons (Fsp3) is 0.259. The summed E-state index contributed by atoms with van der Waals surface area (Å²) < 4.78 is 39.9. The third-order valence-corrected chi connectivity index (χ3v) is 8.26. The zero-order valence-corrected chi connectivity index (χ0v) is 21.5. The van der Waals surface area contributed by atoms with Crippen LogP contribution < -0.4 is 18.7 Å². The molecule has 0 saturated heterocycles. The predicted molar refractivity (Wildman–Crippen MR) is 141 cm³/mol. The number of anilines is 2. The normalized spacial score (nSPS) is 13.2. The Morgan fingerprint density at radius 3 is 2.25 bits per heavy atom. The first-order valence-corrected chi connectivity index (χ1v) is 13.1. The van der Waals surface area contributed by atoms with Gasteiger partial charge in [-0.1, -0.05) is 30.3 Å². The molecule has 0 saturated carbocycles. The van der Waals surface area contributed by atoms with E-state index in [0.29, 0.717) is 47.2 Å². The van der Waals surface area contributed by atoms with Crippen molar-refractivity contribution in [2.45, 2.75) is 25.2 Å². The third-order valence-electron chi connectivity index (χ3n) is 6.40. The second-order valence-corrected chi connectivity index (χ2v) is 10.7. The molecule has 0 aliphatic carbocycles. The zero-order chi connectivity index (χ0) is 25.4. The molecule has 0 fully saturated rings. The summed E-state index contributed by atoms with van der Waals surface area (Å²) in [4.78, 5) is 11.8. The molecule has 4 aromatic rings. The summed E-state index contributed by atoms with van der Waals surface area (Å²) in [6.07, 6.45) is 0.658. The van der Waals surface area contributed by atoms with E-state index in [1.807, 2.05) is 73.3 Å². The minimum atomic E-state index is -3.86. The molecule has 0 spiro atoms. The average molecular weight is 505 g/mol. The topological polar surface area (TPSA) is 84.9 Å². The van der Waals surface area contributed by atoms with Crippen LogP contribution >= 0.6 is 0 Å². The standard InChI is InChI=1S/C27H28N4O4S/c1-18-9-10-19(2)25(15-18)36(32,33)31-17-30(14-13-20-11-12-23(34-3)24(16-20)35-4)26-27(31)29-22-8-6-5-7-21(22)28-26/h5-12,15-16H,13-14,17H2,1-4H3. The molecule has 186 valence electrons. The molecule has 1 aliphatic rings. The van der Waals surface area contributed by atoms with Gasteiger partial charge >= 0.3 is 0 Å². The number of para-hydroxylation sites is 2. The van der Waals surface area contributed by atoms with E-state index < -0.39 is 10.0 Å². The van der Waals surface area contributed by atoms with Gasteiger partial charge in [-0.05, 0) is 67.3 Å². The number of fused-ring (bicyclic) bond motifs is 2. The van der Waals surface area contributed by atoms with Gasteiger partial charge in [-0.3, -0.25) is 0 Å². The molecule has 5 rings (SSSR count). The number of benzene rings is 3. The summed E-state index contributed by atoms with van der Waals surface area (Å²) in [6, 6.07) is 18.8. The van der Waals surface area contributed by atoms with Crippen molar-refractivity contribution in [3.05, 3.63) is 77.4 Å². The molecule has 3 aromatic carbocycles. The highest BCUT2D eigenvalue weighted by atomic mass is 32.2. The minimum Gasteiger partial charge on any atom is -0.493 e. The van der Waals surface area contributed by atoms with Crippen molar-refractivity contribution < 1.29 is 17.9 Å². The quantitative estimate of drug-likeness (QED) is 0.367. The fourth-order valence-electron chi connectivity index (χ4n) is 4.42. The number of rotatable bonds is 7. The SMILES string of the molecule is COc1ccc(CCN2CN(S(=O)(=O)c3cc(C)ccc3C)c3nc4ccccc4nc32)cc1OC. The number of hydrogen-bond donors (Lipinski definition) is 0. The van der Waals surface area contributed by atoms with Crippen LogP contribution in [-0.4, -0.2) is 45.8 Å². The number of methoxy groups -OCH3 is 2. The van der Waals surface area contributed by atoms with E-state index in [9.17, 15) is 8.42 Å². The molecular formula is C27H28N4O4S. The maximum absolute atomic E-state index is 13.9. The molecule has 1 aromatic heterocycles. The summed E-state index contributed by atoms with van der Waals surface area (Å²) in [7, 11) is -0.647. The Hall–Kier alpha value is -3.85. The lowest BCUT2D eigenvalue weighted by Gasteiger charge is -2.22.